The van der Waals surface area contributed by atoms with Crippen LogP contribution in [0.1, 0.15) is 32.1 Å². The first-order valence-electron chi connectivity index (χ1n) is 5.71. The number of aliphatic hydroxyl groups is 1. The van der Waals surface area contributed by atoms with Crippen molar-refractivity contribution in [3.05, 3.63) is 0 Å². The first kappa shape index (κ1) is 9.47. The summed E-state index contributed by atoms with van der Waals surface area (Å²) in [5.74, 6) is 0.596. The van der Waals surface area contributed by atoms with E-state index < -0.39 is 0 Å². The molecule has 2 saturated heterocycles. The fraction of sp³-hybridized carbons (Fsp3) is 1.00. The lowest BCUT2D eigenvalue weighted by Gasteiger charge is -2.50. The van der Waals surface area contributed by atoms with Gasteiger partial charge in [0, 0.05) is 12.3 Å². The predicted octanol–water partition coefficient (Wildman–Crippen LogP) is 1.39. The molecule has 0 bridgehead atoms. The van der Waals surface area contributed by atoms with E-state index in [4.69, 9.17) is 0 Å². The van der Waals surface area contributed by atoms with E-state index >= 15 is 0 Å². The fourth-order valence-electron chi connectivity index (χ4n) is 3.45. The molecule has 13 heavy (non-hydrogen) atoms. The Bertz CT molecular complexity index is 179. The zero-order valence-electron chi connectivity index (χ0n) is 8.71. The zero-order valence-corrected chi connectivity index (χ0v) is 8.71. The second kappa shape index (κ2) is 3.58. The summed E-state index contributed by atoms with van der Waals surface area (Å²) >= 11 is 0. The van der Waals surface area contributed by atoms with Gasteiger partial charge in [0.05, 0.1) is 32.8 Å². The minimum Gasteiger partial charge on any atom is -0.396 e. The van der Waals surface area contributed by atoms with Crippen molar-refractivity contribution in [1.29, 1.82) is 0 Å². The van der Waals surface area contributed by atoms with Gasteiger partial charge in [0.2, 0.25) is 0 Å². The maximum atomic E-state index is 9.33. The molecule has 0 aromatic carbocycles. The van der Waals surface area contributed by atoms with Crippen molar-refractivity contribution in [3.63, 3.8) is 0 Å². The van der Waals surface area contributed by atoms with Crippen LogP contribution in [0, 0.1) is 5.92 Å². The van der Waals surface area contributed by atoms with Crippen molar-refractivity contribution in [2.75, 3.05) is 26.7 Å². The fourth-order valence-corrected chi connectivity index (χ4v) is 3.45. The van der Waals surface area contributed by atoms with Crippen LogP contribution in [-0.2, 0) is 0 Å². The summed E-state index contributed by atoms with van der Waals surface area (Å²) in [4.78, 5) is 0. The SMILES string of the molecule is C[N@@+]12CCCC[C@@H]1[C@@H](CO)CCC2. The molecule has 2 aliphatic heterocycles. The summed E-state index contributed by atoms with van der Waals surface area (Å²) in [5, 5.41) is 9.33. The van der Waals surface area contributed by atoms with Gasteiger partial charge in [0.1, 0.15) is 0 Å². The second-order valence-corrected chi connectivity index (χ2v) is 5.07. The van der Waals surface area contributed by atoms with Crippen LogP contribution in [0.15, 0.2) is 0 Å². The Hall–Kier alpha value is -0.0800. The largest absolute Gasteiger partial charge is 0.396 e. The summed E-state index contributed by atoms with van der Waals surface area (Å²) in [6.45, 7) is 3.11. The van der Waals surface area contributed by atoms with Crippen molar-refractivity contribution in [2.45, 2.75) is 38.1 Å². The highest BCUT2D eigenvalue weighted by molar-refractivity contribution is 4.77. The Morgan fingerprint density at radius 3 is 2.69 bits per heavy atom. The third kappa shape index (κ3) is 1.62. The van der Waals surface area contributed by atoms with Crippen LogP contribution in [-0.4, -0.2) is 42.4 Å². The van der Waals surface area contributed by atoms with Crippen molar-refractivity contribution >= 4 is 0 Å². The van der Waals surface area contributed by atoms with Crippen molar-refractivity contribution in [2.24, 2.45) is 5.92 Å². The van der Waals surface area contributed by atoms with Gasteiger partial charge in [0.25, 0.3) is 0 Å². The average molecular weight is 184 g/mol. The first-order valence-corrected chi connectivity index (χ1v) is 5.71. The van der Waals surface area contributed by atoms with Crippen molar-refractivity contribution < 1.29 is 9.59 Å². The number of aliphatic hydroxyl groups excluding tert-OH is 1. The molecule has 0 aliphatic carbocycles. The molecule has 2 fully saturated rings. The van der Waals surface area contributed by atoms with E-state index in [9.17, 15) is 5.11 Å². The molecule has 0 aromatic heterocycles. The van der Waals surface area contributed by atoms with Gasteiger partial charge in [-0.1, -0.05) is 0 Å². The van der Waals surface area contributed by atoms with Crippen LogP contribution in [0.25, 0.3) is 0 Å². The third-order valence-electron chi connectivity index (χ3n) is 4.24. The summed E-state index contributed by atoms with van der Waals surface area (Å²) in [6.07, 6.45) is 6.70. The molecule has 3 atom stereocenters. The topological polar surface area (TPSA) is 20.2 Å². The van der Waals surface area contributed by atoms with E-state index in [-0.39, 0.29) is 0 Å². The van der Waals surface area contributed by atoms with E-state index in [1.807, 2.05) is 0 Å². The van der Waals surface area contributed by atoms with Gasteiger partial charge in [0.15, 0.2) is 0 Å². The Morgan fingerprint density at radius 2 is 1.92 bits per heavy atom. The number of hydrogen-bond acceptors (Lipinski definition) is 1. The second-order valence-electron chi connectivity index (χ2n) is 5.07. The highest BCUT2D eigenvalue weighted by Crippen LogP contribution is 2.35. The molecule has 2 nitrogen and oxygen atoms in total. The first-order chi connectivity index (χ1) is 6.26. The molecule has 76 valence electrons. The minimum atomic E-state index is 0.415. The van der Waals surface area contributed by atoms with Crippen LogP contribution in [0.5, 0.6) is 0 Å². The molecule has 0 spiro atoms. The summed E-state index contributed by atoms with van der Waals surface area (Å²) in [5.41, 5.74) is 0. The molecular formula is C11H22NO+. The van der Waals surface area contributed by atoms with Gasteiger partial charge in [-0.2, -0.15) is 0 Å². The molecule has 2 aliphatic rings. The van der Waals surface area contributed by atoms with E-state index in [0.717, 1.165) is 6.04 Å². The number of piperidine rings is 2. The predicted molar refractivity (Wildman–Crippen MR) is 53.4 cm³/mol. The lowest BCUT2D eigenvalue weighted by Crippen LogP contribution is -2.61. The van der Waals surface area contributed by atoms with Gasteiger partial charge in [-0.15, -0.1) is 0 Å². The van der Waals surface area contributed by atoms with Gasteiger partial charge in [-0.25, -0.2) is 0 Å². The Balaban J connectivity index is 2.11. The highest BCUT2D eigenvalue weighted by Gasteiger charge is 2.42. The molecule has 2 heteroatoms. The summed E-state index contributed by atoms with van der Waals surface area (Å²) in [7, 11) is 2.39. The number of nitrogens with zero attached hydrogens (tertiary/aromatic N) is 1. The maximum absolute atomic E-state index is 9.33. The summed E-state index contributed by atoms with van der Waals surface area (Å²) in [6, 6.07) is 0.771. The number of fused-ring (bicyclic) bond motifs is 1. The third-order valence-corrected chi connectivity index (χ3v) is 4.24. The molecule has 0 amide bonds. The van der Waals surface area contributed by atoms with Gasteiger partial charge in [-0.3, -0.25) is 0 Å². The van der Waals surface area contributed by atoms with E-state index in [2.05, 4.69) is 7.05 Å². The number of rotatable bonds is 1. The molecular weight excluding hydrogens is 162 g/mol. The van der Waals surface area contributed by atoms with Crippen LogP contribution >= 0.6 is 0 Å². The van der Waals surface area contributed by atoms with Gasteiger partial charge < -0.3 is 9.59 Å². The van der Waals surface area contributed by atoms with E-state index in [1.54, 1.807) is 0 Å². The molecule has 2 heterocycles. The van der Waals surface area contributed by atoms with Crippen molar-refractivity contribution in [1.82, 2.24) is 0 Å². The molecule has 0 saturated carbocycles. The monoisotopic (exact) mass is 184 g/mol. The standard InChI is InChI=1S/C11H22NO/c1-12-7-3-2-6-11(12)10(9-13)5-4-8-12/h10-11,13H,2-9H2,1H3/q+1/t10-,11-,12+/m1/s1. The Morgan fingerprint density at radius 1 is 1.15 bits per heavy atom. The van der Waals surface area contributed by atoms with Crippen molar-refractivity contribution in [3.8, 4) is 0 Å². The number of quaternary nitrogens is 1. The van der Waals surface area contributed by atoms with E-state index in [0.29, 0.717) is 12.5 Å². The van der Waals surface area contributed by atoms with Crippen LogP contribution < -0.4 is 0 Å². The maximum Gasteiger partial charge on any atom is 0.0939 e. The molecule has 2 rings (SSSR count). The summed E-state index contributed by atoms with van der Waals surface area (Å²) < 4.78 is 1.26. The van der Waals surface area contributed by atoms with E-state index in [1.165, 1.54) is 49.7 Å². The van der Waals surface area contributed by atoms with Crippen LogP contribution in [0.2, 0.25) is 0 Å². The minimum absolute atomic E-state index is 0.415. The Labute approximate surface area is 81.1 Å². The Kier molecular flexibility index (Phi) is 2.61. The molecule has 0 radical (unpaired) electrons. The van der Waals surface area contributed by atoms with Crippen LogP contribution in [0.3, 0.4) is 0 Å². The highest BCUT2D eigenvalue weighted by atomic mass is 16.3. The molecule has 1 N–H and O–H groups in total. The zero-order chi connectivity index (χ0) is 9.31. The average Bonchev–Trinajstić information content (AvgIpc) is 2.15. The van der Waals surface area contributed by atoms with Gasteiger partial charge in [-0.05, 0) is 25.7 Å². The normalized spacial score (nSPS) is 45.7. The van der Waals surface area contributed by atoms with Crippen LogP contribution in [0.4, 0.5) is 0 Å². The van der Waals surface area contributed by atoms with Gasteiger partial charge >= 0.3 is 0 Å². The quantitative estimate of drug-likeness (QED) is 0.611. The molecule has 0 aromatic rings. The lowest BCUT2D eigenvalue weighted by atomic mass is 9.82. The molecule has 0 unspecified atom stereocenters. The smallest absolute Gasteiger partial charge is 0.0939 e. The lowest BCUT2D eigenvalue weighted by molar-refractivity contribution is -0.947. The number of hydrogen-bond donors (Lipinski definition) is 1.